The molecule has 1 aliphatic heterocycles. The topological polar surface area (TPSA) is 93.0 Å². The van der Waals surface area contributed by atoms with E-state index in [0.717, 1.165) is 17.4 Å². The lowest BCUT2D eigenvalue weighted by atomic mass is 10.2. The highest BCUT2D eigenvalue weighted by Crippen LogP contribution is 2.24. The highest BCUT2D eigenvalue weighted by molar-refractivity contribution is 7.89. The van der Waals surface area contributed by atoms with Gasteiger partial charge in [-0.1, -0.05) is 24.3 Å². The van der Waals surface area contributed by atoms with Crippen LogP contribution in [-0.2, 0) is 16.6 Å². The fraction of sp³-hybridized carbons (Fsp3) is 0.368. The molecule has 28 heavy (non-hydrogen) atoms. The quantitative estimate of drug-likeness (QED) is 0.519. The van der Waals surface area contributed by atoms with Gasteiger partial charge in [0.25, 0.3) is 5.69 Å². The minimum Gasteiger partial charge on any atom is -0.494 e. The number of nitro groups is 1. The fourth-order valence-electron chi connectivity index (χ4n) is 3.21. The van der Waals surface area contributed by atoms with Crippen LogP contribution in [0, 0.1) is 10.1 Å². The second-order valence-electron chi connectivity index (χ2n) is 6.48. The third-order valence-corrected chi connectivity index (χ3v) is 6.56. The van der Waals surface area contributed by atoms with E-state index in [2.05, 4.69) is 4.90 Å². The van der Waals surface area contributed by atoms with Crippen molar-refractivity contribution in [3.05, 3.63) is 64.2 Å². The Morgan fingerprint density at radius 2 is 1.79 bits per heavy atom. The smallest absolute Gasteiger partial charge is 0.270 e. The first-order valence-electron chi connectivity index (χ1n) is 9.09. The number of nitrogens with zero attached hydrogens (tertiary/aromatic N) is 3. The van der Waals surface area contributed by atoms with Crippen LogP contribution in [0.4, 0.5) is 5.69 Å². The van der Waals surface area contributed by atoms with E-state index < -0.39 is 14.9 Å². The number of non-ortho nitro benzene ring substituents is 1. The molecular formula is C19H23N3O5S. The molecule has 150 valence electrons. The average molecular weight is 405 g/mol. The van der Waals surface area contributed by atoms with E-state index >= 15 is 0 Å². The molecule has 0 bridgehead atoms. The summed E-state index contributed by atoms with van der Waals surface area (Å²) < 4.78 is 32.7. The predicted octanol–water partition coefficient (Wildman–Crippen LogP) is 2.50. The molecule has 0 aliphatic carbocycles. The summed E-state index contributed by atoms with van der Waals surface area (Å²) in [5.74, 6) is 0.844. The number of rotatable bonds is 7. The van der Waals surface area contributed by atoms with Crippen LogP contribution < -0.4 is 4.74 Å². The predicted molar refractivity (Wildman–Crippen MR) is 105 cm³/mol. The summed E-state index contributed by atoms with van der Waals surface area (Å²) in [6.45, 7) is 5.04. The molecule has 2 aromatic carbocycles. The maximum atomic E-state index is 12.8. The Morgan fingerprint density at radius 3 is 2.46 bits per heavy atom. The highest BCUT2D eigenvalue weighted by Gasteiger charge is 2.29. The maximum absolute atomic E-state index is 12.8. The van der Waals surface area contributed by atoms with E-state index in [-0.39, 0.29) is 10.6 Å². The SMILES string of the molecule is CCOc1ccccc1CN1CCN(S(=O)(=O)c2cccc([N+](=O)[O-])c2)CC1. The van der Waals surface area contributed by atoms with Gasteiger partial charge in [0.2, 0.25) is 10.0 Å². The van der Waals surface area contributed by atoms with Gasteiger partial charge < -0.3 is 4.74 Å². The molecule has 1 fully saturated rings. The van der Waals surface area contributed by atoms with Crippen LogP contribution >= 0.6 is 0 Å². The number of hydrogen-bond acceptors (Lipinski definition) is 6. The van der Waals surface area contributed by atoms with Gasteiger partial charge in [-0.3, -0.25) is 15.0 Å². The van der Waals surface area contributed by atoms with Crippen LogP contribution in [-0.4, -0.2) is 55.3 Å². The van der Waals surface area contributed by atoms with Gasteiger partial charge in [0.15, 0.2) is 0 Å². The lowest BCUT2D eigenvalue weighted by Gasteiger charge is -2.34. The van der Waals surface area contributed by atoms with Crippen molar-refractivity contribution in [2.45, 2.75) is 18.4 Å². The van der Waals surface area contributed by atoms with E-state index in [4.69, 9.17) is 4.74 Å². The number of sulfonamides is 1. The van der Waals surface area contributed by atoms with Gasteiger partial charge >= 0.3 is 0 Å². The van der Waals surface area contributed by atoms with E-state index in [0.29, 0.717) is 39.3 Å². The standard InChI is InChI=1S/C19H23N3O5S/c1-2-27-19-9-4-3-6-16(19)15-20-10-12-21(13-11-20)28(25,26)18-8-5-7-17(14-18)22(23)24/h3-9,14H,2,10-13,15H2,1H3. The van der Waals surface area contributed by atoms with Gasteiger partial charge in [-0.25, -0.2) is 8.42 Å². The minimum atomic E-state index is -3.75. The van der Waals surface area contributed by atoms with Crippen molar-refractivity contribution < 1.29 is 18.1 Å². The number of para-hydroxylation sites is 1. The number of piperazine rings is 1. The third kappa shape index (κ3) is 4.49. The molecule has 0 unspecified atom stereocenters. The first-order chi connectivity index (χ1) is 13.4. The van der Waals surface area contributed by atoms with Gasteiger partial charge in [0.05, 0.1) is 16.4 Å². The van der Waals surface area contributed by atoms with Crippen LogP contribution in [0.25, 0.3) is 0 Å². The highest BCUT2D eigenvalue weighted by atomic mass is 32.2. The summed E-state index contributed by atoms with van der Waals surface area (Å²) in [4.78, 5) is 12.5. The Morgan fingerprint density at radius 1 is 1.07 bits per heavy atom. The normalized spacial score (nSPS) is 16.0. The van der Waals surface area contributed by atoms with Crippen LogP contribution in [0.15, 0.2) is 53.4 Å². The Bertz CT molecular complexity index is 940. The molecule has 3 rings (SSSR count). The minimum absolute atomic E-state index is 0.0446. The third-order valence-electron chi connectivity index (χ3n) is 4.66. The molecule has 1 heterocycles. The summed E-state index contributed by atoms with van der Waals surface area (Å²) in [6, 6.07) is 13.0. The van der Waals surface area contributed by atoms with Crippen LogP contribution in [0.1, 0.15) is 12.5 Å². The summed E-state index contributed by atoms with van der Waals surface area (Å²) >= 11 is 0. The Labute approximate surface area is 164 Å². The molecule has 1 aliphatic rings. The fourth-order valence-corrected chi connectivity index (χ4v) is 4.67. The maximum Gasteiger partial charge on any atom is 0.270 e. The molecule has 8 nitrogen and oxygen atoms in total. The average Bonchev–Trinajstić information content (AvgIpc) is 2.70. The second-order valence-corrected chi connectivity index (χ2v) is 8.41. The van der Waals surface area contributed by atoms with E-state index in [1.54, 1.807) is 0 Å². The molecule has 0 spiro atoms. The van der Waals surface area contributed by atoms with E-state index in [9.17, 15) is 18.5 Å². The summed E-state index contributed by atoms with van der Waals surface area (Å²) in [7, 11) is -3.75. The van der Waals surface area contributed by atoms with E-state index in [1.807, 2.05) is 31.2 Å². The van der Waals surface area contributed by atoms with Crippen molar-refractivity contribution in [1.82, 2.24) is 9.21 Å². The Balaban J connectivity index is 1.67. The van der Waals surface area contributed by atoms with E-state index in [1.165, 1.54) is 22.5 Å². The van der Waals surface area contributed by atoms with Crippen LogP contribution in [0.5, 0.6) is 5.75 Å². The monoisotopic (exact) mass is 405 g/mol. The molecule has 0 amide bonds. The Hall–Kier alpha value is -2.49. The second kappa shape index (κ2) is 8.68. The van der Waals surface area contributed by atoms with Gasteiger partial charge in [0.1, 0.15) is 5.75 Å². The number of ether oxygens (including phenoxy) is 1. The molecule has 0 N–H and O–H groups in total. The molecule has 2 aromatic rings. The largest absolute Gasteiger partial charge is 0.494 e. The molecule has 1 saturated heterocycles. The van der Waals surface area contributed by atoms with Crippen molar-refractivity contribution in [1.29, 1.82) is 0 Å². The molecule has 0 aromatic heterocycles. The first-order valence-corrected chi connectivity index (χ1v) is 10.5. The summed E-state index contributed by atoms with van der Waals surface area (Å²) in [5.41, 5.74) is 0.839. The van der Waals surface area contributed by atoms with Crippen molar-refractivity contribution in [3.63, 3.8) is 0 Å². The van der Waals surface area contributed by atoms with Crippen molar-refractivity contribution in [2.75, 3.05) is 32.8 Å². The number of benzene rings is 2. The van der Waals surface area contributed by atoms with Gasteiger partial charge in [-0.15, -0.1) is 0 Å². The lowest BCUT2D eigenvalue weighted by Crippen LogP contribution is -2.48. The van der Waals surface area contributed by atoms with Gasteiger partial charge in [0, 0.05) is 50.4 Å². The van der Waals surface area contributed by atoms with Crippen LogP contribution in [0.2, 0.25) is 0 Å². The zero-order chi connectivity index (χ0) is 20.1. The molecular weight excluding hydrogens is 382 g/mol. The molecule has 0 radical (unpaired) electrons. The summed E-state index contributed by atoms with van der Waals surface area (Å²) in [5, 5.41) is 10.9. The zero-order valence-electron chi connectivity index (χ0n) is 15.7. The number of nitro benzene ring substituents is 1. The van der Waals surface area contributed by atoms with Gasteiger partial charge in [-0.05, 0) is 19.1 Å². The number of hydrogen-bond donors (Lipinski definition) is 0. The molecule has 0 saturated carbocycles. The zero-order valence-corrected chi connectivity index (χ0v) is 16.5. The first kappa shape index (κ1) is 20.2. The lowest BCUT2D eigenvalue weighted by molar-refractivity contribution is -0.385. The van der Waals surface area contributed by atoms with Crippen molar-refractivity contribution in [2.24, 2.45) is 0 Å². The van der Waals surface area contributed by atoms with Crippen molar-refractivity contribution in [3.8, 4) is 5.75 Å². The molecule has 9 heteroatoms. The van der Waals surface area contributed by atoms with Gasteiger partial charge in [-0.2, -0.15) is 4.31 Å². The van der Waals surface area contributed by atoms with Crippen LogP contribution in [0.3, 0.4) is 0 Å². The molecule has 0 atom stereocenters. The van der Waals surface area contributed by atoms with Crippen molar-refractivity contribution >= 4 is 15.7 Å². The Kier molecular flexibility index (Phi) is 6.28. The summed E-state index contributed by atoms with van der Waals surface area (Å²) in [6.07, 6.45) is 0.